The zero-order chi connectivity index (χ0) is 12.3. The normalized spacial score (nSPS) is 11.8. The molecule has 1 heterocycles. The highest BCUT2D eigenvalue weighted by Crippen LogP contribution is 2.12. The van der Waals surface area contributed by atoms with Crippen LogP contribution in [0.25, 0.3) is 10.9 Å². The monoisotopic (exact) mass is 225 g/mol. The summed E-state index contributed by atoms with van der Waals surface area (Å²) in [7, 11) is 0. The van der Waals surface area contributed by atoms with E-state index in [1.807, 2.05) is 30.3 Å². The lowest BCUT2D eigenvalue weighted by Crippen LogP contribution is -2.31. The van der Waals surface area contributed by atoms with E-state index in [0.29, 0.717) is 5.56 Å². The number of nitrogens with one attached hydrogen (secondary N) is 1. The van der Waals surface area contributed by atoms with Gasteiger partial charge < -0.3 is 5.32 Å². The molecule has 0 aliphatic carbocycles. The second-order valence-corrected chi connectivity index (χ2v) is 3.74. The Kier molecular flexibility index (Phi) is 3.01. The zero-order valence-corrected chi connectivity index (χ0v) is 9.34. The number of hydrogen-bond donors (Lipinski definition) is 1. The lowest BCUT2D eigenvalue weighted by molar-refractivity contribution is 0.0947. The van der Waals surface area contributed by atoms with E-state index in [0.717, 1.165) is 10.9 Å². The largest absolute Gasteiger partial charge is 0.336 e. The number of amides is 1. The maximum atomic E-state index is 11.8. The summed E-state index contributed by atoms with van der Waals surface area (Å²) < 4.78 is 0. The molecule has 0 radical (unpaired) electrons. The maximum absolute atomic E-state index is 11.8. The van der Waals surface area contributed by atoms with Crippen LogP contribution in [-0.2, 0) is 0 Å². The summed E-state index contributed by atoms with van der Waals surface area (Å²) in [6.45, 7) is 1.63. The molecule has 1 aromatic carbocycles. The van der Waals surface area contributed by atoms with Gasteiger partial charge in [0, 0.05) is 11.6 Å². The molecule has 1 amide bonds. The first-order valence-corrected chi connectivity index (χ1v) is 5.26. The van der Waals surface area contributed by atoms with Crippen LogP contribution in [0.5, 0.6) is 0 Å². The van der Waals surface area contributed by atoms with E-state index in [9.17, 15) is 4.79 Å². The third kappa shape index (κ3) is 2.40. The van der Waals surface area contributed by atoms with Gasteiger partial charge in [-0.25, -0.2) is 0 Å². The van der Waals surface area contributed by atoms with E-state index >= 15 is 0 Å². The van der Waals surface area contributed by atoms with Crippen LogP contribution in [0.2, 0.25) is 0 Å². The number of carbonyl (C=O) groups excluding carboxylic acids is 1. The Labute approximate surface area is 98.9 Å². The molecular formula is C13H11N3O. The van der Waals surface area contributed by atoms with Crippen LogP contribution in [0.15, 0.2) is 36.5 Å². The van der Waals surface area contributed by atoms with Gasteiger partial charge in [-0.3, -0.25) is 9.78 Å². The van der Waals surface area contributed by atoms with Gasteiger partial charge in [0.1, 0.15) is 6.04 Å². The van der Waals surface area contributed by atoms with Crippen molar-refractivity contribution >= 4 is 16.8 Å². The molecule has 2 rings (SSSR count). The average molecular weight is 225 g/mol. The summed E-state index contributed by atoms with van der Waals surface area (Å²) in [5, 5.41) is 12.1. The molecule has 0 spiro atoms. The SMILES string of the molecule is CC(C#N)NC(=O)c1cnc2ccccc2c1. The number of benzene rings is 1. The van der Waals surface area contributed by atoms with Crippen LogP contribution in [0.3, 0.4) is 0 Å². The summed E-state index contributed by atoms with van der Waals surface area (Å²) in [6, 6.07) is 10.8. The molecule has 1 aromatic heterocycles. The third-order valence-corrected chi connectivity index (χ3v) is 2.39. The molecule has 1 N–H and O–H groups in total. The Morgan fingerprint density at radius 3 is 3.00 bits per heavy atom. The number of hydrogen-bond acceptors (Lipinski definition) is 3. The molecule has 0 saturated carbocycles. The molecular weight excluding hydrogens is 214 g/mol. The molecule has 4 nitrogen and oxygen atoms in total. The minimum absolute atomic E-state index is 0.280. The van der Waals surface area contributed by atoms with Gasteiger partial charge >= 0.3 is 0 Å². The molecule has 0 saturated heterocycles. The van der Waals surface area contributed by atoms with Crippen molar-refractivity contribution < 1.29 is 4.79 Å². The highest BCUT2D eigenvalue weighted by atomic mass is 16.1. The molecule has 1 atom stereocenters. The van der Waals surface area contributed by atoms with Gasteiger partial charge in [0.2, 0.25) is 0 Å². The van der Waals surface area contributed by atoms with E-state index in [-0.39, 0.29) is 5.91 Å². The fraction of sp³-hybridized carbons (Fsp3) is 0.154. The van der Waals surface area contributed by atoms with Gasteiger partial charge in [-0.1, -0.05) is 18.2 Å². The van der Waals surface area contributed by atoms with Crippen molar-refractivity contribution in [3.05, 3.63) is 42.1 Å². The zero-order valence-electron chi connectivity index (χ0n) is 9.34. The minimum Gasteiger partial charge on any atom is -0.336 e. The van der Waals surface area contributed by atoms with Gasteiger partial charge in [-0.2, -0.15) is 5.26 Å². The van der Waals surface area contributed by atoms with Crippen LogP contribution in [0, 0.1) is 11.3 Å². The molecule has 0 fully saturated rings. The van der Waals surface area contributed by atoms with Crippen LogP contribution in [-0.4, -0.2) is 16.9 Å². The summed E-state index contributed by atoms with van der Waals surface area (Å²) in [4.78, 5) is 15.9. The Hall–Kier alpha value is -2.41. The van der Waals surface area contributed by atoms with Crippen molar-refractivity contribution in [1.29, 1.82) is 5.26 Å². The van der Waals surface area contributed by atoms with E-state index in [1.54, 1.807) is 13.0 Å². The van der Waals surface area contributed by atoms with Gasteiger partial charge in [0.25, 0.3) is 5.91 Å². The number of fused-ring (bicyclic) bond motifs is 1. The van der Waals surface area contributed by atoms with Crippen molar-refractivity contribution in [2.75, 3.05) is 0 Å². The van der Waals surface area contributed by atoms with E-state index in [1.165, 1.54) is 6.20 Å². The predicted octanol–water partition coefficient (Wildman–Crippen LogP) is 1.88. The second kappa shape index (κ2) is 4.62. The van der Waals surface area contributed by atoms with E-state index < -0.39 is 6.04 Å². The van der Waals surface area contributed by atoms with Gasteiger partial charge in [-0.15, -0.1) is 0 Å². The van der Waals surface area contributed by atoms with Crippen LogP contribution in [0.1, 0.15) is 17.3 Å². The van der Waals surface area contributed by atoms with Crippen molar-refractivity contribution in [1.82, 2.24) is 10.3 Å². The third-order valence-electron chi connectivity index (χ3n) is 2.39. The molecule has 4 heteroatoms. The van der Waals surface area contributed by atoms with E-state index in [4.69, 9.17) is 5.26 Å². The number of para-hydroxylation sites is 1. The van der Waals surface area contributed by atoms with Gasteiger partial charge in [-0.05, 0) is 19.1 Å². The fourth-order valence-corrected chi connectivity index (χ4v) is 1.51. The highest BCUT2D eigenvalue weighted by molar-refractivity contribution is 5.97. The molecule has 0 bridgehead atoms. The lowest BCUT2D eigenvalue weighted by Gasteiger charge is -2.06. The number of carbonyl (C=O) groups is 1. The molecule has 84 valence electrons. The molecule has 0 aliphatic heterocycles. The van der Waals surface area contributed by atoms with E-state index in [2.05, 4.69) is 10.3 Å². The maximum Gasteiger partial charge on any atom is 0.253 e. The predicted molar refractivity (Wildman–Crippen MR) is 64.3 cm³/mol. The van der Waals surface area contributed by atoms with Crippen molar-refractivity contribution in [2.24, 2.45) is 0 Å². The minimum atomic E-state index is -0.506. The Bertz CT molecular complexity index is 601. The topological polar surface area (TPSA) is 65.8 Å². The summed E-state index contributed by atoms with van der Waals surface area (Å²) >= 11 is 0. The van der Waals surface area contributed by atoms with Crippen LogP contribution < -0.4 is 5.32 Å². The number of aromatic nitrogens is 1. The first-order valence-electron chi connectivity index (χ1n) is 5.26. The number of rotatable bonds is 2. The Balaban J connectivity index is 2.31. The second-order valence-electron chi connectivity index (χ2n) is 3.74. The Morgan fingerprint density at radius 2 is 2.24 bits per heavy atom. The molecule has 1 unspecified atom stereocenters. The smallest absolute Gasteiger partial charge is 0.253 e. The van der Waals surface area contributed by atoms with Crippen LogP contribution in [0.4, 0.5) is 0 Å². The fourth-order valence-electron chi connectivity index (χ4n) is 1.51. The van der Waals surface area contributed by atoms with Crippen molar-refractivity contribution in [2.45, 2.75) is 13.0 Å². The highest BCUT2D eigenvalue weighted by Gasteiger charge is 2.09. The summed E-state index contributed by atoms with van der Waals surface area (Å²) in [5.41, 5.74) is 1.31. The lowest BCUT2D eigenvalue weighted by atomic mass is 10.1. The van der Waals surface area contributed by atoms with Crippen LogP contribution >= 0.6 is 0 Å². The van der Waals surface area contributed by atoms with Gasteiger partial charge in [0.15, 0.2) is 0 Å². The van der Waals surface area contributed by atoms with Crippen molar-refractivity contribution in [3.63, 3.8) is 0 Å². The summed E-state index contributed by atoms with van der Waals surface area (Å²) in [5.74, 6) is -0.280. The first-order chi connectivity index (χ1) is 8.20. The van der Waals surface area contributed by atoms with Crippen molar-refractivity contribution in [3.8, 4) is 6.07 Å². The Morgan fingerprint density at radius 1 is 1.47 bits per heavy atom. The summed E-state index contributed by atoms with van der Waals surface area (Å²) in [6.07, 6.45) is 1.52. The number of nitriles is 1. The first kappa shape index (κ1) is 11.1. The molecule has 2 aromatic rings. The number of nitrogens with zero attached hydrogens (tertiary/aromatic N) is 2. The standard InChI is InChI=1S/C13H11N3O/c1-9(7-14)16-13(17)11-6-10-4-2-3-5-12(10)15-8-11/h2-6,8-9H,1H3,(H,16,17). The quantitative estimate of drug-likeness (QED) is 0.848. The average Bonchev–Trinajstić information content (AvgIpc) is 2.38. The molecule has 17 heavy (non-hydrogen) atoms. The van der Waals surface area contributed by atoms with Gasteiger partial charge in [0.05, 0.1) is 17.1 Å². The number of pyridine rings is 1. The molecule has 0 aliphatic rings.